The fraction of sp³-hybridized carbons (Fsp3) is 0.556. The number of aromatic nitrogens is 2. The zero-order valence-electron chi connectivity index (χ0n) is 8.09. The van der Waals surface area contributed by atoms with Crippen molar-refractivity contribution in [3.63, 3.8) is 0 Å². The largest absolute Gasteiger partial charge is 0.451 e. The number of unbranched alkanes of at least 4 members (excludes halogenated alkanes) is 1. The van der Waals surface area contributed by atoms with Gasteiger partial charge in [-0.05, 0) is 31.4 Å². The van der Waals surface area contributed by atoms with E-state index in [0.29, 0.717) is 18.5 Å². The molecule has 0 aromatic carbocycles. The van der Waals surface area contributed by atoms with Gasteiger partial charge in [0.2, 0.25) is 5.82 Å². The van der Waals surface area contributed by atoms with Crippen molar-refractivity contribution in [3.05, 3.63) is 23.8 Å². The summed E-state index contributed by atoms with van der Waals surface area (Å²) in [5.74, 6) is -1.09. The van der Waals surface area contributed by atoms with Gasteiger partial charge in [0, 0.05) is 12.4 Å². The third kappa shape index (κ3) is 3.83. The molecule has 6 heteroatoms. The minimum Gasteiger partial charge on any atom is -0.330 e. The van der Waals surface area contributed by atoms with Gasteiger partial charge in [0.25, 0.3) is 0 Å². The lowest BCUT2D eigenvalue weighted by Gasteiger charge is -2.05. The van der Waals surface area contributed by atoms with Crippen molar-refractivity contribution in [2.45, 2.75) is 25.4 Å². The third-order valence-corrected chi connectivity index (χ3v) is 1.88. The fourth-order valence-corrected chi connectivity index (χ4v) is 1.10. The number of alkyl halides is 3. The van der Waals surface area contributed by atoms with Gasteiger partial charge < -0.3 is 5.73 Å². The first-order valence-electron chi connectivity index (χ1n) is 4.62. The van der Waals surface area contributed by atoms with Crippen LogP contribution in [0.3, 0.4) is 0 Å². The van der Waals surface area contributed by atoms with Gasteiger partial charge in [-0.3, -0.25) is 0 Å². The zero-order chi connectivity index (χ0) is 11.3. The van der Waals surface area contributed by atoms with Gasteiger partial charge in [-0.25, -0.2) is 9.97 Å². The first-order chi connectivity index (χ1) is 7.04. The van der Waals surface area contributed by atoms with E-state index < -0.39 is 12.0 Å². The molecule has 0 radical (unpaired) electrons. The highest BCUT2D eigenvalue weighted by Gasteiger charge is 2.34. The van der Waals surface area contributed by atoms with Crippen LogP contribution in [0.25, 0.3) is 0 Å². The fourth-order valence-electron chi connectivity index (χ4n) is 1.10. The van der Waals surface area contributed by atoms with Crippen LogP contribution in [0.5, 0.6) is 0 Å². The number of hydrogen-bond acceptors (Lipinski definition) is 3. The molecule has 3 nitrogen and oxygen atoms in total. The van der Waals surface area contributed by atoms with E-state index in [1.54, 1.807) is 0 Å². The van der Waals surface area contributed by atoms with Crippen LogP contribution in [0.1, 0.15) is 24.2 Å². The molecule has 0 unspecified atom stereocenters. The smallest absolute Gasteiger partial charge is 0.330 e. The molecule has 0 spiro atoms. The Labute approximate surface area is 85.5 Å². The highest BCUT2D eigenvalue weighted by atomic mass is 19.4. The predicted octanol–water partition coefficient (Wildman–Crippen LogP) is 1.78. The van der Waals surface area contributed by atoms with E-state index >= 15 is 0 Å². The summed E-state index contributed by atoms with van der Waals surface area (Å²) in [6, 6.07) is 0. The first kappa shape index (κ1) is 11.9. The summed E-state index contributed by atoms with van der Waals surface area (Å²) in [5.41, 5.74) is 6.00. The molecular weight excluding hydrogens is 207 g/mol. The van der Waals surface area contributed by atoms with Gasteiger partial charge in [-0.2, -0.15) is 13.2 Å². The Kier molecular flexibility index (Phi) is 4.02. The molecule has 0 amide bonds. The summed E-state index contributed by atoms with van der Waals surface area (Å²) in [4.78, 5) is 6.52. The molecule has 0 saturated heterocycles. The molecule has 1 heterocycles. The van der Waals surface area contributed by atoms with Crippen LogP contribution in [-0.4, -0.2) is 16.5 Å². The van der Waals surface area contributed by atoms with Crippen LogP contribution >= 0.6 is 0 Å². The Hall–Kier alpha value is -1.17. The molecule has 0 aliphatic rings. The molecule has 1 aromatic rings. The Bertz CT molecular complexity index is 294. The lowest BCUT2D eigenvalue weighted by Crippen LogP contribution is -2.11. The van der Waals surface area contributed by atoms with Gasteiger partial charge >= 0.3 is 6.18 Å². The molecule has 84 valence electrons. The summed E-state index contributed by atoms with van der Waals surface area (Å²) in [7, 11) is 0. The molecular formula is C9H12F3N3. The topological polar surface area (TPSA) is 51.8 Å². The monoisotopic (exact) mass is 219 g/mol. The minimum atomic E-state index is -4.46. The summed E-state index contributed by atoms with van der Waals surface area (Å²) in [6.45, 7) is 0.585. The quantitative estimate of drug-likeness (QED) is 0.785. The molecule has 0 atom stereocenters. The molecule has 0 fully saturated rings. The SMILES string of the molecule is NCCCCc1cnc(C(F)(F)F)nc1. The third-order valence-electron chi connectivity index (χ3n) is 1.88. The summed E-state index contributed by atoms with van der Waals surface area (Å²) >= 11 is 0. The Morgan fingerprint density at radius 1 is 1.13 bits per heavy atom. The highest BCUT2D eigenvalue weighted by Crippen LogP contribution is 2.25. The second-order valence-electron chi connectivity index (χ2n) is 3.16. The Morgan fingerprint density at radius 3 is 2.20 bits per heavy atom. The first-order valence-corrected chi connectivity index (χ1v) is 4.62. The van der Waals surface area contributed by atoms with Crippen molar-refractivity contribution >= 4 is 0 Å². The van der Waals surface area contributed by atoms with Crippen LogP contribution in [0.15, 0.2) is 12.4 Å². The van der Waals surface area contributed by atoms with Gasteiger partial charge in [0.15, 0.2) is 0 Å². The van der Waals surface area contributed by atoms with Crippen molar-refractivity contribution in [2.24, 2.45) is 5.73 Å². The molecule has 0 aliphatic heterocycles. The van der Waals surface area contributed by atoms with E-state index in [9.17, 15) is 13.2 Å². The normalized spacial score (nSPS) is 11.7. The predicted molar refractivity (Wildman–Crippen MR) is 49.0 cm³/mol. The molecule has 0 aliphatic carbocycles. The molecule has 1 rings (SSSR count). The van der Waals surface area contributed by atoms with Crippen LogP contribution in [0, 0.1) is 0 Å². The summed E-state index contributed by atoms with van der Waals surface area (Å²) in [5, 5.41) is 0. The minimum absolute atomic E-state index is 0.585. The maximum absolute atomic E-state index is 12.1. The van der Waals surface area contributed by atoms with Crippen LogP contribution in [0.4, 0.5) is 13.2 Å². The Morgan fingerprint density at radius 2 is 1.73 bits per heavy atom. The van der Waals surface area contributed by atoms with E-state index in [2.05, 4.69) is 9.97 Å². The van der Waals surface area contributed by atoms with Gasteiger partial charge in [-0.15, -0.1) is 0 Å². The van der Waals surface area contributed by atoms with Crippen molar-refractivity contribution < 1.29 is 13.2 Å². The van der Waals surface area contributed by atoms with Crippen LogP contribution in [-0.2, 0) is 12.6 Å². The lowest BCUT2D eigenvalue weighted by molar-refractivity contribution is -0.145. The van der Waals surface area contributed by atoms with Crippen molar-refractivity contribution in [2.75, 3.05) is 6.54 Å². The molecule has 2 N–H and O–H groups in total. The maximum atomic E-state index is 12.1. The number of nitrogens with two attached hydrogens (primary N) is 1. The van der Waals surface area contributed by atoms with E-state index in [1.165, 1.54) is 12.4 Å². The molecule has 1 aromatic heterocycles. The average molecular weight is 219 g/mol. The van der Waals surface area contributed by atoms with Crippen molar-refractivity contribution in [3.8, 4) is 0 Å². The highest BCUT2D eigenvalue weighted by molar-refractivity contribution is 5.06. The number of halogens is 3. The molecule has 0 bridgehead atoms. The maximum Gasteiger partial charge on any atom is 0.451 e. The zero-order valence-corrected chi connectivity index (χ0v) is 8.09. The lowest BCUT2D eigenvalue weighted by atomic mass is 10.1. The molecule has 15 heavy (non-hydrogen) atoms. The number of hydrogen-bond donors (Lipinski definition) is 1. The Balaban J connectivity index is 2.57. The summed E-state index contributed by atoms with van der Waals surface area (Å²) in [6.07, 6.45) is 0.316. The average Bonchev–Trinajstić information content (AvgIpc) is 2.18. The van der Waals surface area contributed by atoms with E-state index in [0.717, 1.165) is 12.8 Å². The summed E-state index contributed by atoms with van der Waals surface area (Å²) < 4.78 is 36.3. The van der Waals surface area contributed by atoms with E-state index in [-0.39, 0.29) is 0 Å². The van der Waals surface area contributed by atoms with E-state index in [1.807, 2.05) is 0 Å². The van der Waals surface area contributed by atoms with Gasteiger partial charge in [0.1, 0.15) is 0 Å². The van der Waals surface area contributed by atoms with Gasteiger partial charge in [0.05, 0.1) is 0 Å². The number of nitrogens with zero attached hydrogens (tertiary/aromatic N) is 2. The van der Waals surface area contributed by atoms with Crippen molar-refractivity contribution in [1.82, 2.24) is 9.97 Å². The van der Waals surface area contributed by atoms with Crippen molar-refractivity contribution in [1.29, 1.82) is 0 Å². The standard InChI is InChI=1S/C9H12F3N3/c10-9(11,12)8-14-5-7(6-15-8)3-1-2-4-13/h5-6H,1-4,13H2. The molecule has 0 saturated carbocycles. The number of rotatable bonds is 4. The van der Waals surface area contributed by atoms with Crippen LogP contribution < -0.4 is 5.73 Å². The number of aryl methyl sites for hydroxylation is 1. The second-order valence-corrected chi connectivity index (χ2v) is 3.16. The van der Waals surface area contributed by atoms with Crippen LogP contribution in [0.2, 0.25) is 0 Å². The second kappa shape index (κ2) is 5.06. The van der Waals surface area contributed by atoms with Gasteiger partial charge in [-0.1, -0.05) is 0 Å². The van der Waals surface area contributed by atoms with E-state index in [4.69, 9.17) is 5.73 Å².